The summed E-state index contributed by atoms with van der Waals surface area (Å²) in [6, 6.07) is 3.27. The van der Waals surface area contributed by atoms with Crippen molar-refractivity contribution in [3.63, 3.8) is 0 Å². The molecule has 0 aromatic heterocycles. The van der Waals surface area contributed by atoms with Gasteiger partial charge in [0, 0.05) is 30.3 Å². The van der Waals surface area contributed by atoms with E-state index in [0.717, 1.165) is 12.1 Å². The van der Waals surface area contributed by atoms with Crippen LogP contribution in [0.1, 0.15) is 25.5 Å². The fourth-order valence-corrected chi connectivity index (χ4v) is 2.42. The number of ether oxygens (including phenoxy) is 1. The monoisotopic (exact) mass is 271 g/mol. The lowest BCUT2D eigenvalue weighted by Gasteiger charge is -2.43. The molecule has 0 bridgehead atoms. The molecule has 0 spiro atoms. The number of morpholine rings is 1. The van der Waals surface area contributed by atoms with Crippen LogP contribution in [0.15, 0.2) is 18.2 Å². The molecule has 1 aliphatic heterocycles. The molecule has 2 rings (SSSR count). The van der Waals surface area contributed by atoms with Crippen molar-refractivity contribution in [2.24, 2.45) is 0 Å². The van der Waals surface area contributed by atoms with Gasteiger partial charge < -0.3 is 9.84 Å². The Kier molecular flexibility index (Phi) is 4.18. The zero-order valence-corrected chi connectivity index (χ0v) is 11.2. The third kappa shape index (κ3) is 2.94. The highest BCUT2D eigenvalue weighted by atomic mass is 19.1. The Hall–Kier alpha value is -1.04. The van der Waals surface area contributed by atoms with Crippen LogP contribution in [0.25, 0.3) is 0 Å². The minimum Gasteiger partial charge on any atom is -0.386 e. The van der Waals surface area contributed by atoms with Crippen LogP contribution in [0, 0.1) is 11.6 Å². The molecular weight excluding hydrogens is 252 g/mol. The first kappa shape index (κ1) is 14.4. The van der Waals surface area contributed by atoms with Crippen LogP contribution in [0.5, 0.6) is 0 Å². The fraction of sp³-hybridized carbons (Fsp3) is 0.571. The van der Waals surface area contributed by atoms with E-state index in [2.05, 4.69) is 4.90 Å². The molecular formula is C14H19F2NO2. The second-order valence-corrected chi connectivity index (χ2v) is 5.32. The average molecular weight is 271 g/mol. The summed E-state index contributed by atoms with van der Waals surface area (Å²) in [6.07, 6.45) is -1.02. The summed E-state index contributed by atoms with van der Waals surface area (Å²) in [5, 5.41) is 10.4. The number of rotatable bonds is 3. The van der Waals surface area contributed by atoms with Gasteiger partial charge in [0.2, 0.25) is 0 Å². The van der Waals surface area contributed by atoms with E-state index in [1.165, 1.54) is 6.07 Å². The zero-order valence-electron chi connectivity index (χ0n) is 11.2. The highest BCUT2D eigenvalue weighted by molar-refractivity contribution is 5.23. The number of aliphatic hydroxyl groups is 1. The van der Waals surface area contributed by atoms with Crippen LogP contribution in [-0.2, 0) is 4.74 Å². The minimum atomic E-state index is -1.02. The van der Waals surface area contributed by atoms with Gasteiger partial charge in [-0.1, -0.05) is 6.07 Å². The standard InChI is InChI=1S/C14H19F2NO2/c1-14(2,17-5-7-19-8-6-17)13(18)11-4-3-10(15)9-12(11)16/h3-4,9,13,18H,5-8H2,1-2H3. The molecule has 0 saturated carbocycles. The van der Waals surface area contributed by atoms with Crippen LogP contribution in [-0.4, -0.2) is 41.8 Å². The quantitative estimate of drug-likeness (QED) is 0.914. The minimum absolute atomic E-state index is 0.123. The maximum atomic E-state index is 13.8. The summed E-state index contributed by atoms with van der Waals surface area (Å²) in [4.78, 5) is 2.06. The number of aliphatic hydroxyl groups excluding tert-OH is 1. The molecule has 0 radical (unpaired) electrons. The Bertz CT molecular complexity index is 445. The summed E-state index contributed by atoms with van der Waals surface area (Å²) >= 11 is 0. The molecule has 1 N–H and O–H groups in total. The molecule has 1 aliphatic rings. The molecule has 1 unspecified atom stereocenters. The SMILES string of the molecule is CC(C)(C(O)c1ccc(F)cc1F)N1CCOCC1. The first-order valence-electron chi connectivity index (χ1n) is 6.38. The molecule has 1 atom stereocenters. The van der Waals surface area contributed by atoms with Crippen LogP contribution in [0.4, 0.5) is 8.78 Å². The Balaban J connectivity index is 2.23. The van der Waals surface area contributed by atoms with Crippen LogP contribution >= 0.6 is 0 Å². The van der Waals surface area contributed by atoms with Crippen LogP contribution in [0.3, 0.4) is 0 Å². The van der Waals surface area contributed by atoms with Gasteiger partial charge in [-0.2, -0.15) is 0 Å². The number of nitrogens with zero attached hydrogens (tertiary/aromatic N) is 1. The fourth-order valence-electron chi connectivity index (χ4n) is 2.42. The number of hydrogen-bond acceptors (Lipinski definition) is 3. The van der Waals surface area contributed by atoms with Crippen molar-refractivity contribution in [2.75, 3.05) is 26.3 Å². The Morgan fingerprint density at radius 2 is 1.89 bits per heavy atom. The summed E-state index contributed by atoms with van der Waals surface area (Å²) in [6.45, 7) is 6.28. The van der Waals surface area contributed by atoms with Gasteiger partial charge in [-0.25, -0.2) is 8.78 Å². The van der Waals surface area contributed by atoms with E-state index in [1.54, 1.807) is 0 Å². The maximum Gasteiger partial charge on any atom is 0.131 e. The van der Waals surface area contributed by atoms with E-state index in [4.69, 9.17) is 4.74 Å². The van der Waals surface area contributed by atoms with Crippen molar-refractivity contribution in [3.8, 4) is 0 Å². The van der Waals surface area contributed by atoms with Gasteiger partial charge in [0.15, 0.2) is 0 Å². The molecule has 1 fully saturated rings. The molecule has 1 aromatic rings. The predicted octanol–water partition coefficient (Wildman–Crippen LogP) is 2.11. The van der Waals surface area contributed by atoms with Crippen molar-refractivity contribution in [3.05, 3.63) is 35.4 Å². The maximum absolute atomic E-state index is 13.8. The summed E-state index contributed by atoms with van der Waals surface area (Å²) in [5.74, 6) is -1.36. The van der Waals surface area contributed by atoms with Crippen LogP contribution < -0.4 is 0 Å². The second-order valence-electron chi connectivity index (χ2n) is 5.32. The molecule has 1 saturated heterocycles. The molecule has 0 aliphatic carbocycles. The van der Waals surface area contributed by atoms with Crippen molar-refractivity contribution in [1.29, 1.82) is 0 Å². The topological polar surface area (TPSA) is 32.7 Å². The number of benzene rings is 1. The summed E-state index contributed by atoms with van der Waals surface area (Å²) in [5.41, 5.74) is -0.513. The van der Waals surface area contributed by atoms with E-state index < -0.39 is 23.3 Å². The van der Waals surface area contributed by atoms with Gasteiger partial charge in [0.05, 0.1) is 19.3 Å². The molecule has 0 amide bonds. The van der Waals surface area contributed by atoms with Gasteiger partial charge in [-0.15, -0.1) is 0 Å². The van der Waals surface area contributed by atoms with Gasteiger partial charge in [0.25, 0.3) is 0 Å². The molecule has 19 heavy (non-hydrogen) atoms. The third-order valence-corrected chi connectivity index (χ3v) is 3.75. The lowest BCUT2D eigenvalue weighted by atomic mass is 9.89. The summed E-state index contributed by atoms with van der Waals surface area (Å²) < 4.78 is 31.9. The van der Waals surface area contributed by atoms with Crippen molar-refractivity contribution in [2.45, 2.75) is 25.5 Å². The van der Waals surface area contributed by atoms with Crippen LogP contribution in [0.2, 0.25) is 0 Å². The molecule has 1 aromatic carbocycles. The molecule has 5 heteroatoms. The van der Waals surface area contributed by atoms with E-state index in [1.807, 2.05) is 13.8 Å². The van der Waals surface area contributed by atoms with Crippen molar-refractivity contribution < 1.29 is 18.6 Å². The average Bonchev–Trinajstić information content (AvgIpc) is 2.39. The van der Waals surface area contributed by atoms with E-state index >= 15 is 0 Å². The van der Waals surface area contributed by atoms with Gasteiger partial charge in [-0.3, -0.25) is 4.90 Å². The third-order valence-electron chi connectivity index (χ3n) is 3.75. The largest absolute Gasteiger partial charge is 0.386 e. The van der Waals surface area contributed by atoms with Gasteiger partial charge in [-0.05, 0) is 19.9 Å². The molecule has 3 nitrogen and oxygen atoms in total. The molecule has 106 valence electrons. The first-order chi connectivity index (χ1) is 8.93. The van der Waals surface area contributed by atoms with E-state index in [0.29, 0.717) is 26.3 Å². The first-order valence-corrected chi connectivity index (χ1v) is 6.38. The van der Waals surface area contributed by atoms with Gasteiger partial charge >= 0.3 is 0 Å². The molecule has 1 heterocycles. The predicted molar refractivity (Wildman–Crippen MR) is 67.8 cm³/mol. The zero-order chi connectivity index (χ0) is 14.0. The number of halogens is 2. The number of hydrogen-bond donors (Lipinski definition) is 1. The lowest BCUT2D eigenvalue weighted by Crippen LogP contribution is -2.53. The Morgan fingerprint density at radius 3 is 2.47 bits per heavy atom. The smallest absolute Gasteiger partial charge is 0.131 e. The highest BCUT2D eigenvalue weighted by Gasteiger charge is 2.37. The Labute approximate surface area is 111 Å². The van der Waals surface area contributed by atoms with E-state index in [9.17, 15) is 13.9 Å². The second kappa shape index (κ2) is 5.53. The summed E-state index contributed by atoms with van der Waals surface area (Å²) in [7, 11) is 0. The van der Waals surface area contributed by atoms with Crippen molar-refractivity contribution in [1.82, 2.24) is 4.90 Å². The van der Waals surface area contributed by atoms with E-state index in [-0.39, 0.29) is 5.56 Å². The Morgan fingerprint density at radius 1 is 1.26 bits per heavy atom. The lowest BCUT2D eigenvalue weighted by molar-refractivity contribution is -0.0639. The highest BCUT2D eigenvalue weighted by Crippen LogP contribution is 2.33. The normalized spacial score (nSPS) is 19.4. The van der Waals surface area contributed by atoms with Gasteiger partial charge in [0.1, 0.15) is 11.6 Å². The van der Waals surface area contributed by atoms with Crippen molar-refractivity contribution >= 4 is 0 Å².